The average Bonchev–Trinajstić information content (AvgIpc) is 3.05. The van der Waals surface area contributed by atoms with Crippen molar-refractivity contribution in [2.45, 2.75) is 38.3 Å². The first-order chi connectivity index (χ1) is 17.0. The van der Waals surface area contributed by atoms with E-state index in [0.717, 1.165) is 62.3 Å². The Morgan fingerprint density at radius 3 is 3.03 bits per heavy atom. The molecule has 4 rings (SSSR count). The van der Waals surface area contributed by atoms with E-state index in [-0.39, 0.29) is 12.0 Å². The number of benzene rings is 1. The van der Waals surface area contributed by atoms with Crippen LogP contribution in [-0.4, -0.2) is 69.6 Å². The molecule has 10 nitrogen and oxygen atoms in total. The zero-order chi connectivity index (χ0) is 24.6. The number of hydrogen-bond donors (Lipinski definition) is 3. The highest BCUT2D eigenvalue weighted by Gasteiger charge is 2.26. The lowest BCUT2D eigenvalue weighted by Gasteiger charge is -2.33. The summed E-state index contributed by atoms with van der Waals surface area (Å²) in [7, 11) is 1.71. The molecule has 1 aliphatic carbocycles. The molecule has 2 heterocycles. The number of nitrogens with one attached hydrogen (secondary N) is 3. The third-order valence-corrected chi connectivity index (χ3v) is 7.10. The Labute approximate surface area is 213 Å². The molecule has 35 heavy (non-hydrogen) atoms. The van der Waals surface area contributed by atoms with E-state index in [1.54, 1.807) is 13.3 Å². The highest BCUT2D eigenvalue weighted by Crippen LogP contribution is 2.31. The van der Waals surface area contributed by atoms with Crippen LogP contribution >= 0.6 is 11.6 Å². The van der Waals surface area contributed by atoms with Crippen molar-refractivity contribution in [2.75, 3.05) is 50.6 Å². The van der Waals surface area contributed by atoms with Crippen LogP contribution in [0.5, 0.6) is 5.75 Å². The highest BCUT2D eigenvalue weighted by molar-refractivity contribution is 7.77. The number of methoxy groups -OCH3 is 1. The van der Waals surface area contributed by atoms with Gasteiger partial charge in [-0.15, -0.1) is 0 Å². The highest BCUT2D eigenvalue weighted by atomic mass is 35.5. The van der Waals surface area contributed by atoms with Gasteiger partial charge in [-0.05, 0) is 37.0 Å². The summed E-state index contributed by atoms with van der Waals surface area (Å²) in [4.78, 5) is 11.3. The number of nitrogens with zero attached hydrogens (tertiary/aromatic N) is 3. The number of aromatic nitrogens is 2. The average molecular weight is 524 g/mol. The quantitative estimate of drug-likeness (QED) is 0.403. The number of anilines is 3. The Balaban J connectivity index is 1.45. The zero-order valence-corrected chi connectivity index (χ0v) is 21.4. The maximum atomic E-state index is 11.0. The van der Waals surface area contributed by atoms with Gasteiger partial charge >= 0.3 is 0 Å². The first-order valence-corrected chi connectivity index (χ1v) is 13.3. The van der Waals surface area contributed by atoms with E-state index in [0.29, 0.717) is 36.5 Å². The normalized spacial score (nSPS) is 21.5. The second-order valence-corrected chi connectivity index (χ2v) is 10.00. The van der Waals surface area contributed by atoms with Crippen LogP contribution < -0.4 is 20.1 Å². The van der Waals surface area contributed by atoms with Gasteiger partial charge in [-0.1, -0.05) is 24.4 Å². The second-order valence-electron chi connectivity index (χ2n) is 8.83. The lowest BCUT2D eigenvalue weighted by molar-refractivity contribution is 0.138. The number of fused-ring (bicyclic) bond motifs is 1. The molecule has 1 aromatic heterocycles. The summed E-state index contributed by atoms with van der Waals surface area (Å²) in [5.74, 6) is 2.00. The van der Waals surface area contributed by atoms with Crippen LogP contribution in [0.2, 0.25) is 5.02 Å². The summed E-state index contributed by atoms with van der Waals surface area (Å²) in [5, 5.41) is 7.13. The van der Waals surface area contributed by atoms with Crippen LogP contribution in [0.4, 0.5) is 17.5 Å². The second kappa shape index (κ2) is 12.8. The third-order valence-electron chi connectivity index (χ3n) is 6.43. The van der Waals surface area contributed by atoms with Crippen molar-refractivity contribution in [3.63, 3.8) is 0 Å². The summed E-state index contributed by atoms with van der Waals surface area (Å²) in [6.45, 7) is 4.16. The topological polar surface area (TPSA) is 124 Å². The van der Waals surface area contributed by atoms with Crippen molar-refractivity contribution in [3.8, 4) is 5.75 Å². The fourth-order valence-electron chi connectivity index (χ4n) is 4.59. The smallest absolute Gasteiger partial charge is 0.229 e. The van der Waals surface area contributed by atoms with Crippen molar-refractivity contribution in [2.24, 2.45) is 5.92 Å². The molecule has 1 aromatic carbocycles. The van der Waals surface area contributed by atoms with Gasteiger partial charge in [0.2, 0.25) is 5.95 Å². The lowest BCUT2D eigenvalue weighted by Crippen LogP contribution is -2.39. The molecule has 192 valence electrons. The first-order valence-electron chi connectivity index (χ1n) is 11.9. The van der Waals surface area contributed by atoms with E-state index in [9.17, 15) is 8.76 Å². The molecule has 1 aliphatic heterocycles. The summed E-state index contributed by atoms with van der Waals surface area (Å²) < 4.78 is 35.6. The largest absolute Gasteiger partial charge is 0.760 e. The predicted octanol–water partition coefficient (Wildman–Crippen LogP) is 3.07. The van der Waals surface area contributed by atoms with Crippen LogP contribution in [0.1, 0.15) is 31.2 Å². The Morgan fingerprint density at radius 2 is 2.20 bits per heavy atom. The molecule has 0 radical (unpaired) electrons. The Bertz CT molecular complexity index is 1010. The molecule has 2 aliphatic rings. The fraction of sp³-hybridized carbons (Fsp3) is 0.565. The van der Waals surface area contributed by atoms with E-state index in [4.69, 9.17) is 21.1 Å². The van der Waals surface area contributed by atoms with Gasteiger partial charge in [0.25, 0.3) is 0 Å². The fourth-order valence-corrected chi connectivity index (χ4v) is 5.08. The maximum absolute atomic E-state index is 11.0. The molecule has 1 saturated carbocycles. The van der Waals surface area contributed by atoms with E-state index in [1.807, 2.05) is 12.1 Å². The van der Waals surface area contributed by atoms with Crippen molar-refractivity contribution in [3.05, 3.63) is 35.0 Å². The Kier molecular flexibility index (Phi) is 9.52. The van der Waals surface area contributed by atoms with E-state index in [1.165, 1.54) is 0 Å². The molecule has 0 saturated heterocycles. The molecule has 3 atom stereocenters. The SMILES string of the molecule is COCCN1CCOc2ccc(Nc3ncc(Cl)c(N[C@@H]4CCCC[C@@H]4CNS(=O)[O-])n3)cc2C1. The van der Waals surface area contributed by atoms with Gasteiger partial charge in [0.1, 0.15) is 17.4 Å². The van der Waals surface area contributed by atoms with E-state index >= 15 is 0 Å². The van der Waals surface area contributed by atoms with Crippen LogP contribution in [0.25, 0.3) is 0 Å². The number of rotatable bonds is 10. The first kappa shape index (κ1) is 26.1. The summed E-state index contributed by atoms with van der Waals surface area (Å²) in [5.41, 5.74) is 1.94. The Hall–Kier alpha value is -2.02. The molecular formula is C23H32ClN6O4S-. The number of ether oxygens (including phenoxy) is 2. The van der Waals surface area contributed by atoms with Crippen LogP contribution in [0, 0.1) is 5.92 Å². The van der Waals surface area contributed by atoms with Gasteiger partial charge in [-0.25, -0.2) is 9.71 Å². The monoisotopic (exact) mass is 523 g/mol. The minimum absolute atomic E-state index is 0.0720. The molecule has 1 unspecified atom stereocenters. The molecule has 2 aromatic rings. The van der Waals surface area contributed by atoms with Gasteiger partial charge < -0.3 is 24.7 Å². The number of hydrogen-bond acceptors (Lipinski definition) is 9. The molecule has 0 spiro atoms. The molecule has 0 bridgehead atoms. The summed E-state index contributed by atoms with van der Waals surface area (Å²) in [6.07, 6.45) is 5.58. The van der Waals surface area contributed by atoms with Gasteiger partial charge in [0, 0.05) is 61.8 Å². The minimum Gasteiger partial charge on any atom is -0.760 e. The van der Waals surface area contributed by atoms with Crippen LogP contribution in [-0.2, 0) is 22.5 Å². The molecule has 12 heteroatoms. The predicted molar refractivity (Wildman–Crippen MR) is 136 cm³/mol. The summed E-state index contributed by atoms with van der Waals surface area (Å²) in [6, 6.07) is 6.03. The summed E-state index contributed by atoms with van der Waals surface area (Å²) >= 11 is 4.13. The van der Waals surface area contributed by atoms with Crippen molar-refractivity contribution < 1.29 is 18.2 Å². The standard InChI is InChI=1S/C23H33ClN6O4S/c1-33-10-8-30-9-11-34-21-7-6-18(12-17(21)15-30)27-23-25-14-19(24)22(29-23)28-20-5-3-2-4-16(20)13-26-35(31)32/h6-7,12,14,16,20,26H,2-5,8-11,13,15H2,1H3,(H,31,32)(H2,25,27,28,29)/p-1/t16-,20-/m1/s1. The zero-order valence-electron chi connectivity index (χ0n) is 19.8. The van der Waals surface area contributed by atoms with Crippen molar-refractivity contribution in [1.82, 2.24) is 19.6 Å². The van der Waals surface area contributed by atoms with Crippen LogP contribution in [0.3, 0.4) is 0 Å². The number of halogens is 1. The molecule has 0 amide bonds. The molecule has 1 fully saturated rings. The van der Waals surface area contributed by atoms with Gasteiger partial charge in [0.05, 0.1) is 12.8 Å². The maximum Gasteiger partial charge on any atom is 0.229 e. The van der Waals surface area contributed by atoms with Gasteiger partial charge in [-0.3, -0.25) is 9.11 Å². The van der Waals surface area contributed by atoms with Gasteiger partial charge in [-0.2, -0.15) is 4.98 Å². The Morgan fingerprint density at radius 1 is 1.34 bits per heavy atom. The third kappa shape index (κ3) is 7.48. The van der Waals surface area contributed by atoms with Gasteiger partial charge in [0.15, 0.2) is 5.82 Å². The van der Waals surface area contributed by atoms with Crippen molar-refractivity contribution in [1.29, 1.82) is 0 Å². The van der Waals surface area contributed by atoms with Crippen LogP contribution in [0.15, 0.2) is 24.4 Å². The van der Waals surface area contributed by atoms with Crippen molar-refractivity contribution >= 4 is 40.3 Å². The van der Waals surface area contributed by atoms with E-state index < -0.39 is 11.3 Å². The lowest BCUT2D eigenvalue weighted by atomic mass is 9.84. The molecule has 3 N–H and O–H groups in total. The molecular weight excluding hydrogens is 492 g/mol. The minimum atomic E-state index is -2.27. The van der Waals surface area contributed by atoms with E-state index in [2.05, 4.69) is 36.3 Å².